The Balaban J connectivity index is 1.67. The molecule has 1 aromatic carbocycles. The van der Waals surface area contributed by atoms with Crippen molar-refractivity contribution < 1.29 is 9.72 Å². The summed E-state index contributed by atoms with van der Waals surface area (Å²) in [5.41, 5.74) is 3.53. The lowest BCUT2D eigenvalue weighted by molar-refractivity contribution is -0.387. The Bertz CT molecular complexity index is 1040. The molecule has 2 aromatic heterocycles. The average molecular weight is 416 g/mol. The molecule has 0 radical (unpaired) electrons. The van der Waals surface area contributed by atoms with Crippen LogP contribution in [0.4, 0.5) is 5.69 Å². The van der Waals surface area contributed by atoms with Crippen molar-refractivity contribution in [3.05, 3.63) is 62.4 Å². The minimum atomic E-state index is -0.453. The van der Waals surface area contributed by atoms with Gasteiger partial charge in [0.05, 0.1) is 33.2 Å². The number of nitrogens with one attached hydrogen (secondary N) is 1. The zero-order chi connectivity index (χ0) is 20.1. The van der Waals surface area contributed by atoms with Crippen molar-refractivity contribution in [2.24, 2.45) is 12.1 Å². The fraction of sp³-hybridized carbons (Fsp3) is 0.176. The number of nitro groups is 1. The van der Waals surface area contributed by atoms with E-state index in [9.17, 15) is 14.9 Å². The quantitative estimate of drug-likeness (QED) is 0.360. The van der Waals surface area contributed by atoms with Gasteiger partial charge in [-0.1, -0.05) is 6.07 Å². The van der Waals surface area contributed by atoms with Crippen LogP contribution in [0.1, 0.15) is 16.3 Å². The van der Waals surface area contributed by atoms with E-state index in [1.165, 1.54) is 35.4 Å². The third-order valence-electron chi connectivity index (χ3n) is 3.57. The number of nitrogens with zero attached hydrogens (tertiary/aromatic N) is 5. The van der Waals surface area contributed by atoms with Gasteiger partial charge in [-0.05, 0) is 24.8 Å². The minimum absolute atomic E-state index is 0.0544. The van der Waals surface area contributed by atoms with E-state index in [-0.39, 0.29) is 18.0 Å². The van der Waals surface area contributed by atoms with Crippen molar-refractivity contribution in [2.75, 3.05) is 0 Å². The molecular weight excluding hydrogens is 400 g/mol. The van der Waals surface area contributed by atoms with Crippen LogP contribution in [0, 0.1) is 17.0 Å². The summed E-state index contributed by atoms with van der Waals surface area (Å²) < 4.78 is 1.78. The first-order valence-electron chi connectivity index (χ1n) is 8.09. The molecule has 1 amide bonds. The summed E-state index contributed by atoms with van der Waals surface area (Å²) in [6.07, 6.45) is 4.89. The summed E-state index contributed by atoms with van der Waals surface area (Å²) in [7, 11) is 1.82. The van der Waals surface area contributed by atoms with Crippen LogP contribution in [0.5, 0.6) is 0 Å². The molecule has 0 aliphatic heterocycles. The van der Waals surface area contributed by atoms with Crippen LogP contribution in [0.25, 0.3) is 0 Å². The molecule has 28 heavy (non-hydrogen) atoms. The molecule has 2 heterocycles. The second-order valence-corrected chi connectivity index (χ2v) is 7.81. The molecule has 1 N–H and O–H groups in total. The molecule has 0 spiro atoms. The number of aryl methyl sites for hydroxylation is 2. The molecule has 144 valence electrons. The van der Waals surface area contributed by atoms with Gasteiger partial charge in [0.25, 0.3) is 5.69 Å². The number of benzene rings is 1. The summed E-state index contributed by atoms with van der Waals surface area (Å²) in [4.78, 5) is 31.7. The van der Waals surface area contributed by atoms with E-state index in [0.717, 1.165) is 5.01 Å². The number of thiazole rings is 1. The maximum absolute atomic E-state index is 11.9. The molecular formula is C17H16N6O3S2. The number of imidazole rings is 1. The molecule has 3 aromatic rings. The highest BCUT2D eigenvalue weighted by Gasteiger charge is 2.17. The number of carbonyl (C=O) groups is 1. The smallest absolute Gasteiger partial charge is 0.283 e. The van der Waals surface area contributed by atoms with E-state index < -0.39 is 4.92 Å². The van der Waals surface area contributed by atoms with Crippen molar-refractivity contribution in [2.45, 2.75) is 23.4 Å². The largest absolute Gasteiger partial charge is 0.329 e. The number of hydrogen-bond acceptors (Lipinski definition) is 8. The molecule has 0 aliphatic carbocycles. The Hall–Kier alpha value is -3.05. The maximum Gasteiger partial charge on any atom is 0.283 e. The second kappa shape index (κ2) is 8.76. The van der Waals surface area contributed by atoms with Gasteiger partial charge in [-0.2, -0.15) is 5.10 Å². The van der Waals surface area contributed by atoms with Crippen LogP contribution in [-0.2, 0) is 18.3 Å². The molecule has 0 bridgehead atoms. The second-order valence-electron chi connectivity index (χ2n) is 5.73. The highest BCUT2D eigenvalue weighted by Crippen LogP contribution is 2.34. The summed E-state index contributed by atoms with van der Waals surface area (Å²) in [5.74, 6) is -0.307. The topological polar surface area (TPSA) is 115 Å². The molecule has 0 fully saturated rings. The van der Waals surface area contributed by atoms with Gasteiger partial charge in [-0.25, -0.2) is 15.4 Å². The first-order chi connectivity index (χ1) is 13.4. The number of nitro benzene ring substituents is 1. The summed E-state index contributed by atoms with van der Waals surface area (Å²) in [6.45, 7) is 1.87. The molecule has 0 atom stereocenters. The Kier molecular flexibility index (Phi) is 6.16. The number of aromatic nitrogens is 3. The van der Waals surface area contributed by atoms with Crippen molar-refractivity contribution in [3.63, 3.8) is 0 Å². The Morgan fingerprint density at radius 2 is 2.32 bits per heavy atom. The van der Waals surface area contributed by atoms with Crippen LogP contribution in [0.2, 0.25) is 0 Å². The zero-order valence-electron chi connectivity index (χ0n) is 15.0. The predicted octanol–water partition coefficient (Wildman–Crippen LogP) is 2.94. The van der Waals surface area contributed by atoms with Gasteiger partial charge in [0, 0.05) is 36.5 Å². The maximum atomic E-state index is 11.9. The first-order valence-corrected chi connectivity index (χ1v) is 9.78. The predicted molar refractivity (Wildman–Crippen MR) is 107 cm³/mol. The zero-order valence-corrected chi connectivity index (χ0v) is 16.7. The first kappa shape index (κ1) is 19.7. The fourth-order valence-corrected chi connectivity index (χ4v) is 3.77. The summed E-state index contributed by atoms with van der Waals surface area (Å²) >= 11 is 2.68. The van der Waals surface area contributed by atoms with Crippen molar-refractivity contribution >= 4 is 40.9 Å². The molecule has 3 rings (SSSR count). The standard InChI is InChI=1S/C17H16N6O3S2/c1-11-20-13(10-27-11)8-16(24)21-19-9-12-3-4-15(14(7-12)23(25)26)28-17-18-5-6-22(17)2/h3-7,9-10H,8H2,1-2H3,(H,21,24)/b19-9+. The average Bonchev–Trinajstić information content (AvgIpc) is 3.24. The molecule has 11 heteroatoms. The van der Waals surface area contributed by atoms with Crippen LogP contribution in [0.3, 0.4) is 0 Å². The van der Waals surface area contributed by atoms with Gasteiger partial charge in [0.2, 0.25) is 5.91 Å². The van der Waals surface area contributed by atoms with Gasteiger partial charge in [0.1, 0.15) is 0 Å². The number of amides is 1. The van der Waals surface area contributed by atoms with E-state index in [2.05, 4.69) is 20.5 Å². The normalized spacial score (nSPS) is 11.1. The Labute approximate surface area is 168 Å². The number of rotatable bonds is 7. The lowest BCUT2D eigenvalue weighted by atomic mass is 10.2. The molecule has 0 unspecified atom stereocenters. The van der Waals surface area contributed by atoms with Crippen molar-refractivity contribution in [3.8, 4) is 0 Å². The summed E-state index contributed by atoms with van der Waals surface area (Å²) in [6, 6.07) is 4.74. The number of hydrogen-bond donors (Lipinski definition) is 1. The van der Waals surface area contributed by atoms with E-state index in [0.29, 0.717) is 21.3 Å². The fourth-order valence-electron chi connectivity index (χ4n) is 2.26. The highest BCUT2D eigenvalue weighted by atomic mass is 32.2. The minimum Gasteiger partial charge on any atom is -0.329 e. The molecule has 0 aliphatic rings. The number of hydrazone groups is 1. The van der Waals surface area contributed by atoms with E-state index in [1.54, 1.807) is 29.1 Å². The summed E-state index contributed by atoms with van der Waals surface area (Å²) in [5, 5.41) is 18.6. The van der Waals surface area contributed by atoms with Gasteiger partial charge >= 0.3 is 0 Å². The third-order valence-corrected chi connectivity index (χ3v) is 5.53. The lowest BCUT2D eigenvalue weighted by Gasteiger charge is -2.04. The van der Waals surface area contributed by atoms with Crippen molar-refractivity contribution in [1.29, 1.82) is 0 Å². The molecule has 0 saturated heterocycles. The van der Waals surface area contributed by atoms with Gasteiger partial charge in [0.15, 0.2) is 5.16 Å². The van der Waals surface area contributed by atoms with Gasteiger partial charge < -0.3 is 4.57 Å². The van der Waals surface area contributed by atoms with Crippen LogP contribution in [0.15, 0.2) is 51.1 Å². The van der Waals surface area contributed by atoms with Gasteiger partial charge in [-0.15, -0.1) is 11.3 Å². The van der Waals surface area contributed by atoms with Crippen molar-refractivity contribution in [1.82, 2.24) is 20.0 Å². The highest BCUT2D eigenvalue weighted by molar-refractivity contribution is 7.99. The van der Waals surface area contributed by atoms with Gasteiger partial charge in [-0.3, -0.25) is 14.9 Å². The van der Waals surface area contributed by atoms with Crippen LogP contribution < -0.4 is 5.43 Å². The Morgan fingerprint density at radius 1 is 1.50 bits per heavy atom. The monoisotopic (exact) mass is 416 g/mol. The molecule has 0 saturated carbocycles. The lowest BCUT2D eigenvalue weighted by Crippen LogP contribution is -2.19. The number of carbonyl (C=O) groups excluding carboxylic acids is 1. The molecule has 9 nitrogen and oxygen atoms in total. The van der Waals surface area contributed by atoms with Crippen LogP contribution in [-0.4, -0.2) is 31.6 Å². The van der Waals surface area contributed by atoms with E-state index in [1.807, 2.05) is 19.4 Å². The van der Waals surface area contributed by atoms with Crippen LogP contribution >= 0.6 is 23.1 Å². The Morgan fingerprint density at radius 3 is 2.96 bits per heavy atom. The van der Waals surface area contributed by atoms with E-state index >= 15 is 0 Å². The SMILES string of the molecule is Cc1nc(CC(=O)N/N=C/c2ccc(Sc3nccn3C)c([N+](=O)[O-])c2)cs1. The third kappa shape index (κ3) is 5.02. The van der Waals surface area contributed by atoms with E-state index in [4.69, 9.17) is 0 Å².